The first-order chi connectivity index (χ1) is 9.17. The monoisotopic (exact) mass is 276 g/mol. The number of nitrogens with zero attached hydrogens (tertiary/aromatic N) is 1. The van der Waals surface area contributed by atoms with Crippen molar-refractivity contribution in [3.63, 3.8) is 0 Å². The Morgan fingerprint density at radius 2 is 2.00 bits per heavy atom. The summed E-state index contributed by atoms with van der Waals surface area (Å²) in [5.41, 5.74) is 1.84. The number of aromatic nitrogens is 2. The van der Waals surface area contributed by atoms with Gasteiger partial charge in [-0.15, -0.1) is 0 Å². The average molecular weight is 276 g/mol. The van der Waals surface area contributed by atoms with Crippen LogP contribution in [0.5, 0.6) is 11.5 Å². The van der Waals surface area contributed by atoms with E-state index in [0.717, 1.165) is 35.0 Å². The van der Waals surface area contributed by atoms with Gasteiger partial charge in [0.15, 0.2) is 0 Å². The van der Waals surface area contributed by atoms with Crippen molar-refractivity contribution in [2.45, 2.75) is 13.3 Å². The molecule has 0 amide bonds. The number of benzene rings is 1. The van der Waals surface area contributed by atoms with Crippen LogP contribution in [0.25, 0.3) is 11.3 Å². The molecule has 0 bridgehead atoms. The lowest BCUT2D eigenvalue weighted by Crippen LogP contribution is -1.97. The third-order valence-electron chi connectivity index (χ3n) is 2.83. The minimum absolute atomic E-state index is 0.573. The molecule has 19 heavy (non-hydrogen) atoms. The molecule has 0 saturated carbocycles. The van der Waals surface area contributed by atoms with Crippen LogP contribution in [0.3, 0.4) is 0 Å². The van der Waals surface area contributed by atoms with Crippen molar-refractivity contribution in [1.82, 2.24) is 9.97 Å². The van der Waals surface area contributed by atoms with Crippen molar-refractivity contribution in [2.75, 3.05) is 14.2 Å². The number of aryl methyl sites for hydroxylation is 1. The quantitative estimate of drug-likeness (QED) is 0.870. The first-order valence-corrected chi connectivity index (χ1v) is 6.41. The van der Waals surface area contributed by atoms with Gasteiger partial charge < -0.3 is 14.5 Å². The highest BCUT2D eigenvalue weighted by Crippen LogP contribution is 2.32. The summed E-state index contributed by atoms with van der Waals surface area (Å²) in [6, 6.07) is 7.51. The summed E-state index contributed by atoms with van der Waals surface area (Å²) in [4.78, 5) is 7.53. The number of H-pyrrole nitrogens is 1. The zero-order valence-electron chi connectivity index (χ0n) is 11.2. The first kappa shape index (κ1) is 13.5. The lowest BCUT2D eigenvalue weighted by molar-refractivity contribution is 0.395. The molecular formula is C14H16N2O2S. The molecule has 100 valence electrons. The third kappa shape index (κ3) is 2.93. The van der Waals surface area contributed by atoms with Crippen LogP contribution in [-0.4, -0.2) is 24.2 Å². The SMILES string of the molecule is CCc1nc(=S)cc(-c2ccc(OC)cc2OC)[nH]1. The van der Waals surface area contributed by atoms with Gasteiger partial charge in [0, 0.05) is 18.1 Å². The standard InChI is InChI=1S/C14H16N2O2S/c1-4-13-15-11(8-14(19)16-13)10-6-5-9(17-2)7-12(10)18-3/h5-8H,4H2,1-3H3,(H,15,16,19). The molecule has 0 fully saturated rings. The number of hydrogen-bond donors (Lipinski definition) is 1. The molecule has 0 radical (unpaired) electrons. The second kappa shape index (κ2) is 5.84. The highest BCUT2D eigenvalue weighted by Gasteiger charge is 2.09. The van der Waals surface area contributed by atoms with E-state index in [-0.39, 0.29) is 0 Å². The predicted octanol–water partition coefficient (Wildman–Crippen LogP) is 3.39. The molecule has 4 nitrogen and oxygen atoms in total. The molecular weight excluding hydrogens is 260 g/mol. The summed E-state index contributed by atoms with van der Waals surface area (Å²) in [5.74, 6) is 2.35. The predicted molar refractivity (Wildman–Crippen MR) is 77.3 cm³/mol. The molecule has 0 aliphatic carbocycles. The number of ether oxygens (including phenoxy) is 2. The number of methoxy groups -OCH3 is 2. The summed E-state index contributed by atoms with van der Waals surface area (Å²) >= 11 is 5.18. The fraction of sp³-hybridized carbons (Fsp3) is 0.286. The van der Waals surface area contributed by atoms with Gasteiger partial charge in [0.25, 0.3) is 0 Å². The molecule has 5 heteroatoms. The highest BCUT2D eigenvalue weighted by molar-refractivity contribution is 7.71. The van der Waals surface area contributed by atoms with Crippen molar-refractivity contribution < 1.29 is 9.47 Å². The summed E-state index contributed by atoms with van der Waals surface area (Å²) in [5, 5.41) is 0. The molecule has 2 rings (SSSR count). The fourth-order valence-corrected chi connectivity index (χ4v) is 2.07. The Morgan fingerprint density at radius 3 is 2.63 bits per heavy atom. The second-order valence-corrected chi connectivity index (χ2v) is 4.42. The maximum Gasteiger partial charge on any atom is 0.131 e. The number of nitrogens with one attached hydrogen (secondary N) is 1. The Kier molecular flexibility index (Phi) is 4.16. The molecule has 0 aliphatic rings. The maximum atomic E-state index is 5.40. The Labute approximate surface area is 117 Å². The van der Waals surface area contributed by atoms with Crippen LogP contribution in [0.2, 0.25) is 0 Å². The Bertz CT molecular complexity index is 638. The van der Waals surface area contributed by atoms with Crippen LogP contribution < -0.4 is 9.47 Å². The largest absolute Gasteiger partial charge is 0.497 e. The minimum atomic E-state index is 0.573. The normalized spacial score (nSPS) is 10.3. The molecule has 0 atom stereocenters. The van der Waals surface area contributed by atoms with Crippen LogP contribution in [0.15, 0.2) is 24.3 Å². The van der Waals surface area contributed by atoms with Crippen LogP contribution >= 0.6 is 12.2 Å². The zero-order chi connectivity index (χ0) is 13.8. The fourth-order valence-electron chi connectivity index (χ4n) is 1.84. The van der Waals surface area contributed by atoms with Crippen LogP contribution in [0, 0.1) is 4.64 Å². The lowest BCUT2D eigenvalue weighted by atomic mass is 10.1. The van der Waals surface area contributed by atoms with Crippen molar-refractivity contribution in [2.24, 2.45) is 0 Å². The molecule has 0 unspecified atom stereocenters. The van der Waals surface area contributed by atoms with Gasteiger partial charge in [-0.3, -0.25) is 0 Å². The van der Waals surface area contributed by atoms with Crippen molar-refractivity contribution in [3.8, 4) is 22.8 Å². The summed E-state index contributed by atoms with van der Waals surface area (Å²) in [7, 11) is 3.26. The van der Waals surface area contributed by atoms with E-state index in [9.17, 15) is 0 Å². The van der Waals surface area contributed by atoms with Gasteiger partial charge in [-0.2, -0.15) is 0 Å². The Balaban J connectivity index is 2.57. The van der Waals surface area contributed by atoms with E-state index < -0.39 is 0 Å². The molecule has 1 heterocycles. The summed E-state index contributed by atoms with van der Waals surface area (Å²) in [6.45, 7) is 2.03. The Morgan fingerprint density at radius 1 is 1.21 bits per heavy atom. The van der Waals surface area contributed by atoms with Gasteiger partial charge in [-0.25, -0.2) is 4.98 Å². The van der Waals surface area contributed by atoms with E-state index in [1.54, 1.807) is 14.2 Å². The Hall–Kier alpha value is -1.88. The van der Waals surface area contributed by atoms with Crippen LogP contribution in [0.1, 0.15) is 12.7 Å². The zero-order valence-corrected chi connectivity index (χ0v) is 12.0. The van der Waals surface area contributed by atoms with E-state index in [1.807, 2.05) is 31.2 Å². The number of rotatable bonds is 4. The van der Waals surface area contributed by atoms with Crippen LogP contribution in [0.4, 0.5) is 0 Å². The topological polar surface area (TPSA) is 47.1 Å². The van der Waals surface area contributed by atoms with Crippen molar-refractivity contribution in [3.05, 3.63) is 34.7 Å². The van der Waals surface area contributed by atoms with Gasteiger partial charge in [0.2, 0.25) is 0 Å². The summed E-state index contributed by atoms with van der Waals surface area (Å²) < 4.78 is 11.2. The van der Waals surface area contributed by atoms with E-state index in [1.165, 1.54) is 0 Å². The van der Waals surface area contributed by atoms with E-state index >= 15 is 0 Å². The molecule has 1 N–H and O–H groups in total. The number of hydrogen-bond acceptors (Lipinski definition) is 4. The van der Waals surface area contributed by atoms with Gasteiger partial charge in [0.1, 0.15) is 22.0 Å². The average Bonchev–Trinajstić information content (AvgIpc) is 2.45. The third-order valence-corrected chi connectivity index (χ3v) is 3.03. The molecule has 0 aliphatic heterocycles. The van der Waals surface area contributed by atoms with E-state index in [0.29, 0.717) is 4.64 Å². The van der Waals surface area contributed by atoms with Gasteiger partial charge in [-0.05, 0) is 18.2 Å². The summed E-state index contributed by atoms with van der Waals surface area (Å²) in [6.07, 6.45) is 0.802. The molecule has 1 aromatic carbocycles. The smallest absolute Gasteiger partial charge is 0.131 e. The van der Waals surface area contributed by atoms with Crippen molar-refractivity contribution in [1.29, 1.82) is 0 Å². The second-order valence-electron chi connectivity index (χ2n) is 4.00. The van der Waals surface area contributed by atoms with Crippen LogP contribution in [-0.2, 0) is 6.42 Å². The van der Waals surface area contributed by atoms with E-state index in [2.05, 4.69) is 9.97 Å². The van der Waals surface area contributed by atoms with Crippen molar-refractivity contribution >= 4 is 12.2 Å². The minimum Gasteiger partial charge on any atom is -0.497 e. The number of aromatic amines is 1. The molecule has 2 aromatic rings. The maximum absolute atomic E-state index is 5.40. The molecule has 0 spiro atoms. The van der Waals surface area contributed by atoms with E-state index in [4.69, 9.17) is 21.7 Å². The van der Waals surface area contributed by atoms with Gasteiger partial charge in [0.05, 0.1) is 19.9 Å². The first-order valence-electron chi connectivity index (χ1n) is 6.00. The molecule has 1 aromatic heterocycles. The highest BCUT2D eigenvalue weighted by atomic mass is 32.1. The van der Waals surface area contributed by atoms with Gasteiger partial charge in [-0.1, -0.05) is 19.1 Å². The molecule has 0 saturated heterocycles. The van der Waals surface area contributed by atoms with Gasteiger partial charge >= 0.3 is 0 Å². The lowest BCUT2D eigenvalue weighted by Gasteiger charge is -2.11.